The Morgan fingerprint density at radius 1 is 1.12 bits per heavy atom. The van der Waals surface area contributed by atoms with Crippen molar-refractivity contribution in [1.82, 2.24) is 8.87 Å². The number of ether oxygens (including phenoxy) is 1. The largest absolute Gasteiger partial charge is 0.490 e. The second-order valence-corrected chi connectivity index (χ2v) is 8.66. The summed E-state index contributed by atoms with van der Waals surface area (Å²) in [5.41, 5.74) is 1.51. The molecule has 0 saturated carbocycles. The van der Waals surface area contributed by atoms with Crippen molar-refractivity contribution in [2.75, 3.05) is 13.1 Å². The van der Waals surface area contributed by atoms with Crippen LogP contribution in [-0.4, -0.2) is 36.5 Å². The maximum absolute atomic E-state index is 12.6. The Hall–Kier alpha value is -2.12. The smallest absolute Gasteiger partial charge is 0.254 e. The molecule has 2 aromatic rings. The van der Waals surface area contributed by atoms with E-state index in [1.807, 2.05) is 43.3 Å². The fraction of sp³-hybridized carbons (Fsp3) is 0.421. The van der Waals surface area contributed by atoms with Gasteiger partial charge in [-0.05, 0) is 31.4 Å². The quantitative estimate of drug-likeness (QED) is 0.801. The van der Waals surface area contributed by atoms with E-state index in [4.69, 9.17) is 4.74 Å². The van der Waals surface area contributed by atoms with Crippen LogP contribution in [0.3, 0.4) is 0 Å². The maximum Gasteiger partial charge on any atom is 0.254 e. The lowest BCUT2D eigenvalue weighted by atomic mass is 10.1. The van der Waals surface area contributed by atoms with Crippen LogP contribution in [0.4, 0.5) is 0 Å². The zero-order valence-electron chi connectivity index (χ0n) is 15.1. The number of pyridine rings is 1. The molecule has 0 amide bonds. The first-order chi connectivity index (χ1) is 12.3. The van der Waals surface area contributed by atoms with Crippen LogP contribution in [0, 0.1) is 6.92 Å². The lowest BCUT2D eigenvalue weighted by molar-refractivity contribution is 0.134. The van der Waals surface area contributed by atoms with Crippen molar-refractivity contribution in [3.8, 4) is 5.75 Å². The third kappa shape index (κ3) is 4.34. The number of hydrogen-bond acceptors (Lipinski definition) is 4. The standard InChI is InChI=1S/C19H24N2O4S/c1-15-12-18(13-19(22)20(15)2)25-17-8-10-21(11-9-17)26(23,24)14-16-6-4-3-5-7-16/h3-7,12-13,17H,8-11,14H2,1-2H3. The minimum absolute atomic E-state index is 0.0211. The minimum atomic E-state index is -3.33. The summed E-state index contributed by atoms with van der Waals surface area (Å²) in [6, 6.07) is 12.5. The van der Waals surface area contributed by atoms with E-state index in [1.54, 1.807) is 11.6 Å². The van der Waals surface area contributed by atoms with Crippen LogP contribution >= 0.6 is 0 Å². The molecule has 140 valence electrons. The molecule has 0 N–H and O–H groups in total. The summed E-state index contributed by atoms with van der Waals surface area (Å²) in [5, 5.41) is 0. The number of piperidine rings is 1. The van der Waals surface area contributed by atoms with Gasteiger partial charge in [0.25, 0.3) is 5.56 Å². The summed E-state index contributed by atoms with van der Waals surface area (Å²) in [5.74, 6) is 0.573. The summed E-state index contributed by atoms with van der Waals surface area (Å²) < 4.78 is 34.2. The average Bonchev–Trinajstić information content (AvgIpc) is 2.60. The van der Waals surface area contributed by atoms with Crippen molar-refractivity contribution in [2.45, 2.75) is 31.6 Å². The molecule has 2 heterocycles. The molecule has 1 aliphatic heterocycles. The summed E-state index contributed by atoms with van der Waals surface area (Å²) >= 11 is 0. The molecule has 1 aliphatic rings. The van der Waals surface area contributed by atoms with Gasteiger partial charge in [-0.3, -0.25) is 4.79 Å². The van der Waals surface area contributed by atoms with Gasteiger partial charge in [0.15, 0.2) is 0 Å². The van der Waals surface area contributed by atoms with E-state index < -0.39 is 10.0 Å². The SMILES string of the molecule is Cc1cc(OC2CCN(S(=O)(=O)Cc3ccccc3)CC2)cc(=O)n1C. The molecule has 7 heteroatoms. The molecule has 0 unspecified atom stereocenters. The van der Waals surface area contributed by atoms with E-state index >= 15 is 0 Å². The van der Waals surface area contributed by atoms with Crippen LogP contribution in [0.5, 0.6) is 5.75 Å². The highest BCUT2D eigenvalue weighted by atomic mass is 32.2. The van der Waals surface area contributed by atoms with Gasteiger partial charge < -0.3 is 9.30 Å². The number of rotatable bonds is 5. The Morgan fingerprint density at radius 3 is 2.38 bits per heavy atom. The van der Waals surface area contributed by atoms with E-state index in [9.17, 15) is 13.2 Å². The van der Waals surface area contributed by atoms with Gasteiger partial charge in [-0.15, -0.1) is 0 Å². The highest BCUT2D eigenvalue weighted by Gasteiger charge is 2.29. The van der Waals surface area contributed by atoms with E-state index in [1.165, 1.54) is 10.4 Å². The summed E-state index contributed by atoms with van der Waals surface area (Å²) in [6.07, 6.45) is 1.15. The number of hydrogen-bond donors (Lipinski definition) is 0. The normalized spacial score (nSPS) is 16.5. The monoisotopic (exact) mass is 376 g/mol. The van der Waals surface area contributed by atoms with Gasteiger partial charge in [-0.1, -0.05) is 30.3 Å². The van der Waals surface area contributed by atoms with Gasteiger partial charge in [-0.2, -0.15) is 0 Å². The van der Waals surface area contributed by atoms with Crippen LogP contribution < -0.4 is 10.3 Å². The Balaban J connectivity index is 1.60. The van der Waals surface area contributed by atoms with Crippen molar-refractivity contribution in [3.63, 3.8) is 0 Å². The highest BCUT2D eigenvalue weighted by molar-refractivity contribution is 7.88. The Kier molecular flexibility index (Phi) is 5.48. The van der Waals surface area contributed by atoms with E-state index in [0.29, 0.717) is 31.7 Å². The van der Waals surface area contributed by atoms with Crippen LogP contribution in [-0.2, 0) is 22.8 Å². The fourth-order valence-corrected chi connectivity index (χ4v) is 4.66. The van der Waals surface area contributed by atoms with Crippen LogP contribution in [0.15, 0.2) is 47.3 Å². The van der Waals surface area contributed by atoms with Crippen molar-refractivity contribution >= 4 is 10.0 Å². The predicted molar refractivity (Wildman–Crippen MR) is 101 cm³/mol. The molecular weight excluding hydrogens is 352 g/mol. The van der Waals surface area contributed by atoms with Crippen molar-refractivity contribution < 1.29 is 13.2 Å². The second-order valence-electron chi connectivity index (χ2n) is 6.69. The topological polar surface area (TPSA) is 68.6 Å². The van der Waals surface area contributed by atoms with Crippen LogP contribution in [0.2, 0.25) is 0 Å². The summed E-state index contributed by atoms with van der Waals surface area (Å²) in [7, 11) is -1.61. The Morgan fingerprint density at radius 2 is 1.77 bits per heavy atom. The van der Waals surface area contributed by atoms with Gasteiger partial charge in [-0.25, -0.2) is 12.7 Å². The lowest BCUT2D eigenvalue weighted by Crippen LogP contribution is -2.42. The zero-order valence-corrected chi connectivity index (χ0v) is 15.9. The molecule has 0 bridgehead atoms. The van der Waals surface area contributed by atoms with Gasteiger partial charge in [0.05, 0.1) is 5.75 Å². The minimum Gasteiger partial charge on any atom is -0.490 e. The number of aryl methyl sites for hydroxylation is 1. The van der Waals surface area contributed by atoms with Crippen molar-refractivity contribution in [1.29, 1.82) is 0 Å². The number of nitrogens with zero attached hydrogens (tertiary/aromatic N) is 2. The molecule has 1 saturated heterocycles. The molecule has 26 heavy (non-hydrogen) atoms. The lowest BCUT2D eigenvalue weighted by Gasteiger charge is -2.31. The molecule has 0 spiro atoms. The fourth-order valence-electron chi connectivity index (χ4n) is 3.10. The predicted octanol–water partition coefficient (Wildman–Crippen LogP) is 2.07. The average molecular weight is 376 g/mol. The maximum atomic E-state index is 12.6. The Bertz CT molecular complexity index is 914. The third-order valence-electron chi connectivity index (χ3n) is 4.77. The first kappa shape index (κ1) is 18.7. The van der Waals surface area contributed by atoms with Crippen LogP contribution in [0.25, 0.3) is 0 Å². The summed E-state index contributed by atoms with van der Waals surface area (Å²) in [4.78, 5) is 11.9. The molecule has 3 rings (SSSR count). The molecule has 1 aromatic heterocycles. The van der Waals surface area contributed by atoms with Crippen molar-refractivity contribution in [3.05, 3.63) is 64.1 Å². The molecule has 0 atom stereocenters. The summed E-state index contributed by atoms with van der Waals surface area (Å²) in [6.45, 7) is 2.72. The van der Waals surface area contributed by atoms with Gasteiger partial charge >= 0.3 is 0 Å². The molecule has 1 aromatic carbocycles. The molecule has 0 aliphatic carbocycles. The van der Waals surface area contributed by atoms with Crippen molar-refractivity contribution in [2.24, 2.45) is 7.05 Å². The number of aromatic nitrogens is 1. The third-order valence-corrected chi connectivity index (χ3v) is 6.62. The van der Waals surface area contributed by atoms with Gasteiger partial charge in [0.2, 0.25) is 10.0 Å². The first-order valence-corrected chi connectivity index (χ1v) is 10.3. The van der Waals surface area contributed by atoms with E-state index in [0.717, 1.165) is 11.3 Å². The second kappa shape index (κ2) is 7.63. The molecule has 6 nitrogen and oxygen atoms in total. The molecule has 1 fully saturated rings. The van der Waals surface area contributed by atoms with Gasteiger partial charge in [0.1, 0.15) is 11.9 Å². The van der Waals surface area contributed by atoms with Crippen LogP contribution in [0.1, 0.15) is 24.1 Å². The highest BCUT2D eigenvalue weighted by Crippen LogP contribution is 2.21. The first-order valence-electron chi connectivity index (χ1n) is 8.71. The Labute approximate surface area is 154 Å². The number of benzene rings is 1. The van der Waals surface area contributed by atoms with Gasteiger partial charge in [0, 0.05) is 31.9 Å². The molecular formula is C19H24N2O4S. The number of sulfonamides is 1. The van der Waals surface area contributed by atoms with E-state index in [-0.39, 0.29) is 17.4 Å². The zero-order chi connectivity index (χ0) is 18.7. The van der Waals surface area contributed by atoms with E-state index in [2.05, 4.69) is 0 Å². The molecule has 0 radical (unpaired) electrons.